The minimum absolute atomic E-state index is 0.0602. The number of carbonyl (C=O) groups excluding carboxylic acids is 1. The first-order valence-electron chi connectivity index (χ1n) is 4.35. The molecule has 0 fully saturated rings. The summed E-state index contributed by atoms with van der Waals surface area (Å²) < 4.78 is 0. The van der Waals surface area contributed by atoms with Crippen LogP contribution in [0.25, 0.3) is 0 Å². The van der Waals surface area contributed by atoms with E-state index >= 15 is 0 Å². The molecule has 0 aliphatic heterocycles. The molecule has 66 valence electrons. The quantitative estimate of drug-likeness (QED) is 0.656. The van der Waals surface area contributed by atoms with Gasteiger partial charge in [0.05, 0.1) is 6.04 Å². The smallest absolute Gasteiger partial charge is 0.146 e. The number of Topliss-reactive ketones (excluding diaryl/α,β-unsaturated/α-hetero) is 1. The molecule has 1 atom stereocenters. The molecule has 0 bridgehead atoms. The van der Waals surface area contributed by atoms with E-state index in [0.717, 1.165) is 12.8 Å². The number of rotatable bonds is 5. The van der Waals surface area contributed by atoms with Gasteiger partial charge in [0.15, 0.2) is 0 Å². The van der Waals surface area contributed by atoms with E-state index < -0.39 is 0 Å². The summed E-state index contributed by atoms with van der Waals surface area (Å²) in [5, 5.41) is 3.05. The Balaban J connectivity index is 4.09. The van der Waals surface area contributed by atoms with E-state index in [9.17, 15) is 4.79 Å². The minimum Gasteiger partial charge on any atom is -0.310 e. The van der Waals surface area contributed by atoms with Crippen LogP contribution >= 0.6 is 0 Å². The van der Waals surface area contributed by atoms with Crippen molar-refractivity contribution in [2.75, 3.05) is 7.05 Å². The molecule has 0 heterocycles. The van der Waals surface area contributed by atoms with Gasteiger partial charge in [-0.25, -0.2) is 0 Å². The van der Waals surface area contributed by atoms with Crippen LogP contribution in [0.5, 0.6) is 0 Å². The van der Waals surface area contributed by atoms with Crippen LogP contribution in [0.1, 0.15) is 33.6 Å². The van der Waals surface area contributed by atoms with Gasteiger partial charge in [0, 0.05) is 0 Å². The molecule has 0 rings (SSSR count). The monoisotopic (exact) mass is 157 g/mol. The average Bonchev–Trinajstić information content (AvgIpc) is 1.99. The van der Waals surface area contributed by atoms with Crippen LogP contribution in [0.3, 0.4) is 0 Å². The Morgan fingerprint density at radius 2 is 1.82 bits per heavy atom. The van der Waals surface area contributed by atoms with Gasteiger partial charge < -0.3 is 5.32 Å². The molecule has 0 saturated heterocycles. The summed E-state index contributed by atoms with van der Waals surface area (Å²) in [4.78, 5) is 11.1. The van der Waals surface area contributed by atoms with Gasteiger partial charge in [-0.3, -0.25) is 4.79 Å². The SMILES string of the molecule is CCC(CC)[C@H](NC)C(C)=O. The van der Waals surface area contributed by atoms with Gasteiger partial charge in [-0.05, 0) is 19.9 Å². The maximum absolute atomic E-state index is 11.1. The fourth-order valence-electron chi connectivity index (χ4n) is 1.53. The predicted molar refractivity (Wildman–Crippen MR) is 47.6 cm³/mol. The number of likely N-dealkylation sites (N-methyl/N-ethyl adjacent to an activating group) is 1. The van der Waals surface area contributed by atoms with Gasteiger partial charge in [0.1, 0.15) is 5.78 Å². The number of carbonyl (C=O) groups is 1. The summed E-state index contributed by atoms with van der Waals surface area (Å²) in [6.45, 7) is 5.91. The van der Waals surface area contributed by atoms with Gasteiger partial charge >= 0.3 is 0 Å². The highest BCUT2D eigenvalue weighted by atomic mass is 16.1. The molecule has 0 radical (unpaired) electrons. The van der Waals surface area contributed by atoms with Gasteiger partial charge in [-0.15, -0.1) is 0 Å². The predicted octanol–water partition coefficient (Wildman–Crippen LogP) is 1.60. The van der Waals surface area contributed by atoms with Crippen molar-refractivity contribution in [3.05, 3.63) is 0 Å². The number of nitrogens with one attached hydrogen (secondary N) is 1. The van der Waals surface area contributed by atoms with Crippen molar-refractivity contribution in [3.8, 4) is 0 Å². The largest absolute Gasteiger partial charge is 0.310 e. The second-order valence-electron chi connectivity index (χ2n) is 2.95. The Morgan fingerprint density at radius 3 is 1.91 bits per heavy atom. The lowest BCUT2D eigenvalue weighted by atomic mass is 9.92. The van der Waals surface area contributed by atoms with Crippen molar-refractivity contribution < 1.29 is 4.79 Å². The van der Waals surface area contributed by atoms with Crippen molar-refractivity contribution in [1.82, 2.24) is 5.32 Å². The van der Waals surface area contributed by atoms with E-state index in [4.69, 9.17) is 0 Å². The van der Waals surface area contributed by atoms with Gasteiger partial charge in [0.2, 0.25) is 0 Å². The Bertz CT molecular complexity index is 119. The average molecular weight is 157 g/mol. The maximum Gasteiger partial charge on any atom is 0.146 e. The first kappa shape index (κ1) is 10.6. The molecule has 2 heteroatoms. The molecule has 0 aliphatic carbocycles. The molecule has 0 aromatic heterocycles. The molecule has 0 unspecified atom stereocenters. The molecule has 2 nitrogen and oxygen atoms in total. The first-order valence-corrected chi connectivity index (χ1v) is 4.35. The lowest BCUT2D eigenvalue weighted by Gasteiger charge is -2.21. The Hall–Kier alpha value is -0.370. The molecule has 0 amide bonds. The van der Waals surface area contributed by atoms with Crippen LogP contribution < -0.4 is 5.32 Å². The minimum atomic E-state index is 0.0602. The summed E-state index contributed by atoms with van der Waals surface area (Å²) >= 11 is 0. The lowest BCUT2D eigenvalue weighted by Crippen LogP contribution is -2.39. The fourth-order valence-corrected chi connectivity index (χ4v) is 1.53. The van der Waals surface area contributed by atoms with Gasteiger partial charge in [0.25, 0.3) is 0 Å². The zero-order valence-corrected chi connectivity index (χ0v) is 7.98. The second-order valence-corrected chi connectivity index (χ2v) is 2.95. The summed E-state index contributed by atoms with van der Waals surface area (Å²) in [5.41, 5.74) is 0. The first-order chi connectivity index (χ1) is 5.17. The normalized spacial score (nSPS) is 13.5. The highest BCUT2D eigenvalue weighted by Crippen LogP contribution is 2.13. The Morgan fingerprint density at radius 1 is 1.36 bits per heavy atom. The molecule has 0 aromatic rings. The van der Waals surface area contributed by atoms with E-state index in [1.165, 1.54) is 0 Å². The van der Waals surface area contributed by atoms with E-state index in [2.05, 4.69) is 19.2 Å². The zero-order valence-electron chi connectivity index (χ0n) is 7.98. The van der Waals surface area contributed by atoms with Crippen molar-refractivity contribution >= 4 is 5.78 Å². The molecule has 11 heavy (non-hydrogen) atoms. The van der Waals surface area contributed by atoms with Crippen LogP contribution in [-0.4, -0.2) is 18.9 Å². The van der Waals surface area contributed by atoms with E-state index in [1.54, 1.807) is 6.92 Å². The van der Waals surface area contributed by atoms with E-state index in [1.807, 2.05) is 7.05 Å². The molecular formula is C9H19NO. The van der Waals surface area contributed by atoms with Crippen LogP contribution in [0.15, 0.2) is 0 Å². The van der Waals surface area contributed by atoms with E-state index in [0.29, 0.717) is 5.92 Å². The Labute approximate surface area is 69.4 Å². The summed E-state index contributed by atoms with van der Waals surface area (Å²) in [6.07, 6.45) is 2.14. The van der Waals surface area contributed by atoms with Gasteiger partial charge in [-0.1, -0.05) is 26.7 Å². The lowest BCUT2D eigenvalue weighted by molar-refractivity contribution is -0.120. The van der Waals surface area contributed by atoms with Crippen molar-refractivity contribution in [2.24, 2.45) is 5.92 Å². The second kappa shape index (κ2) is 5.30. The topological polar surface area (TPSA) is 29.1 Å². The fraction of sp³-hybridized carbons (Fsp3) is 0.889. The molecule has 0 spiro atoms. The number of ketones is 1. The molecular weight excluding hydrogens is 138 g/mol. The third kappa shape index (κ3) is 3.02. The number of hydrogen-bond acceptors (Lipinski definition) is 2. The summed E-state index contributed by atoms with van der Waals surface area (Å²) in [7, 11) is 1.85. The van der Waals surface area contributed by atoms with Crippen LogP contribution in [0.4, 0.5) is 0 Å². The maximum atomic E-state index is 11.1. The third-order valence-electron chi connectivity index (χ3n) is 2.27. The van der Waals surface area contributed by atoms with E-state index in [-0.39, 0.29) is 11.8 Å². The Kier molecular flexibility index (Phi) is 5.12. The van der Waals surface area contributed by atoms with Crippen molar-refractivity contribution in [3.63, 3.8) is 0 Å². The van der Waals surface area contributed by atoms with Crippen molar-refractivity contribution in [1.29, 1.82) is 0 Å². The summed E-state index contributed by atoms with van der Waals surface area (Å²) in [5.74, 6) is 0.749. The molecule has 0 saturated carbocycles. The highest BCUT2D eigenvalue weighted by molar-refractivity contribution is 5.81. The number of hydrogen-bond donors (Lipinski definition) is 1. The highest BCUT2D eigenvalue weighted by Gasteiger charge is 2.20. The molecule has 0 aliphatic rings. The molecule has 1 N–H and O–H groups in total. The molecule has 0 aromatic carbocycles. The third-order valence-corrected chi connectivity index (χ3v) is 2.27. The van der Waals surface area contributed by atoms with Crippen LogP contribution in [0, 0.1) is 5.92 Å². The van der Waals surface area contributed by atoms with Crippen LogP contribution in [0.2, 0.25) is 0 Å². The summed E-state index contributed by atoms with van der Waals surface area (Å²) in [6, 6.07) is 0.0602. The van der Waals surface area contributed by atoms with Crippen molar-refractivity contribution in [2.45, 2.75) is 39.7 Å². The van der Waals surface area contributed by atoms with Crippen LogP contribution in [-0.2, 0) is 4.79 Å². The standard InChI is InChI=1S/C9H19NO/c1-5-8(6-2)9(10-4)7(3)11/h8-10H,5-6H2,1-4H3/t9-/m1/s1. The van der Waals surface area contributed by atoms with Gasteiger partial charge in [-0.2, -0.15) is 0 Å². The zero-order chi connectivity index (χ0) is 8.85.